The summed E-state index contributed by atoms with van der Waals surface area (Å²) in [5.41, 5.74) is 5.50. The first-order chi connectivity index (χ1) is 11.8. The number of anilines is 1. The average Bonchev–Trinajstić information content (AvgIpc) is 2.56. The second-order valence-electron chi connectivity index (χ2n) is 5.06. The Morgan fingerprint density at radius 2 is 1.88 bits per heavy atom. The fraction of sp³-hybridized carbons (Fsp3) is 0.167. The van der Waals surface area contributed by atoms with Crippen LogP contribution in [-0.4, -0.2) is 12.6 Å². The van der Waals surface area contributed by atoms with Gasteiger partial charge >= 0.3 is 12.3 Å². The van der Waals surface area contributed by atoms with Gasteiger partial charge in [-0.1, -0.05) is 42.2 Å². The Bertz CT molecular complexity index is 793. The van der Waals surface area contributed by atoms with Gasteiger partial charge in [-0.25, -0.2) is 4.79 Å². The minimum absolute atomic E-state index is 0.0330. The number of benzene rings is 2. The molecule has 2 aromatic rings. The molecule has 0 unspecified atom stereocenters. The molecule has 0 aliphatic carbocycles. The number of ether oxygens (including phenoxy) is 1. The van der Waals surface area contributed by atoms with Crippen LogP contribution in [0.2, 0.25) is 0 Å². The van der Waals surface area contributed by atoms with E-state index in [1.165, 1.54) is 6.07 Å². The number of hydrogen-bond donors (Lipinski definition) is 2. The standard InChI is InChI=1S/C18H15F3N2O2/c19-18(20,21)15-9-14(10-16(22)11-15)7-4-8-23-17(24)25-12-13-5-2-1-3-6-13/h1-3,5-6,9-11H,8,12,22H2,(H,23,24). The Morgan fingerprint density at radius 3 is 2.56 bits per heavy atom. The summed E-state index contributed by atoms with van der Waals surface area (Å²) in [6, 6.07) is 12.2. The molecule has 0 saturated heterocycles. The number of hydrogen-bond acceptors (Lipinski definition) is 3. The van der Waals surface area contributed by atoms with Gasteiger partial charge in [0.25, 0.3) is 0 Å². The molecule has 130 valence electrons. The molecular formula is C18H15F3N2O2. The third kappa shape index (κ3) is 6.11. The Balaban J connectivity index is 1.86. The second kappa shape index (κ2) is 8.11. The van der Waals surface area contributed by atoms with Crippen LogP contribution < -0.4 is 11.1 Å². The number of alkyl carbamates (subject to hydrolysis) is 1. The van der Waals surface area contributed by atoms with Crippen LogP contribution in [0.5, 0.6) is 0 Å². The number of nitrogens with one attached hydrogen (secondary N) is 1. The van der Waals surface area contributed by atoms with E-state index in [2.05, 4.69) is 17.2 Å². The number of carbonyl (C=O) groups excluding carboxylic acids is 1. The molecule has 1 amide bonds. The van der Waals surface area contributed by atoms with Crippen molar-refractivity contribution in [3.63, 3.8) is 0 Å². The topological polar surface area (TPSA) is 64.3 Å². The molecule has 0 bridgehead atoms. The van der Waals surface area contributed by atoms with Gasteiger partial charge in [-0.3, -0.25) is 0 Å². The van der Waals surface area contributed by atoms with E-state index in [-0.39, 0.29) is 24.4 Å². The van der Waals surface area contributed by atoms with E-state index >= 15 is 0 Å². The molecule has 0 radical (unpaired) electrons. The quantitative estimate of drug-likeness (QED) is 0.658. The summed E-state index contributed by atoms with van der Waals surface area (Å²) < 4.78 is 43.0. The van der Waals surface area contributed by atoms with E-state index in [1.807, 2.05) is 30.3 Å². The van der Waals surface area contributed by atoms with Crippen LogP contribution in [0.1, 0.15) is 16.7 Å². The minimum Gasteiger partial charge on any atom is -0.445 e. The summed E-state index contributed by atoms with van der Waals surface area (Å²) in [5.74, 6) is 5.08. The highest BCUT2D eigenvalue weighted by molar-refractivity contribution is 5.67. The van der Waals surface area contributed by atoms with Gasteiger partial charge < -0.3 is 15.8 Å². The van der Waals surface area contributed by atoms with Crippen molar-refractivity contribution in [2.45, 2.75) is 12.8 Å². The molecule has 25 heavy (non-hydrogen) atoms. The molecule has 0 heterocycles. The van der Waals surface area contributed by atoms with Crippen molar-refractivity contribution >= 4 is 11.8 Å². The molecule has 0 fully saturated rings. The maximum Gasteiger partial charge on any atom is 0.416 e. The molecular weight excluding hydrogens is 333 g/mol. The number of halogens is 3. The van der Waals surface area contributed by atoms with E-state index in [0.717, 1.165) is 17.7 Å². The summed E-state index contributed by atoms with van der Waals surface area (Å²) in [7, 11) is 0. The largest absolute Gasteiger partial charge is 0.445 e. The Hall–Kier alpha value is -3.14. The number of rotatable bonds is 3. The third-order valence-electron chi connectivity index (χ3n) is 3.05. The van der Waals surface area contributed by atoms with Crippen LogP contribution in [0.4, 0.5) is 23.7 Å². The van der Waals surface area contributed by atoms with Crippen molar-refractivity contribution in [3.05, 3.63) is 65.2 Å². The minimum atomic E-state index is -4.49. The molecule has 0 atom stereocenters. The maximum absolute atomic E-state index is 12.7. The van der Waals surface area contributed by atoms with Gasteiger partial charge in [0.1, 0.15) is 6.61 Å². The number of alkyl halides is 3. The van der Waals surface area contributed by atoms with Crippen LogP contribution in [0.25, 0.3) is 0 Å². The van der Waals surface area contributed by atoms with Crippen LogP contribution in [-0.2, 0) is 17.5 Å². The van der Waals surface area contributed by atoms with E-state index < -0.39 is 17.8 Å². The van der Waals surface area contributed by atoms with E-state index in [9.17, 15) is 18.0 Å². The fourth-order valence-corrected chi connectivity index (χ4v) is 1.92. The number of carbonyl (C=O) groups is 1. The van der Waals surface area contributed by atoms with Crippen molar-refractivity contribution in [1.29, 1.82) is 0 Å². The van der Waals surface area contributed by atoms with Gasteiger partial charge in [-0.15, -0.1) is 0 Å². The lowest BCUT2D eigenvalue weighted by atomic mass is 10.1. The van der Waals surface area contributed by atoms with E-state index in [4.69, 9.17) is 10.5 Å². The van der Waals surface area contributed by atoms with Crippen LogP contribution >= 0.6 is 0 Å². The number of amides is 1. The maximum atomic E-state index is 12.7. The first-order valence-corrected chi connectivity index (χ1v) is 7.26. The van der Waals surface area contributed by atoms with Crippen molar-refractivity contribution in [2.75, 3.05) is 12.3 Å². The highest BCUT2D eigenvalue weighted by Crippen LogP contribution is 2.31. The van der Waals surface area contributed by atoms with Gasteiger partial charge in [0.15, 0.2) is 0 Å². The monoisotopic (exact) mass is 348 g/mol. The Kier molecular flexibility index (Phi) is 5.90. The first kappa shape index (κ1) is 18.2. The summed E-state index contributed by atoms with van der Waals surface area (Å²) in [4.78, 5) is 11.5. The van der Waals surface area contributed by atoms with Crippen LogP contribution in [0.3, 0.4) is 0 Å². The van der Waals surface area contributed by atoms with Gasteiger partial charge in [-0.05, 0) is 23.8 Å². The molecule has 4 nitrogen and oxygen atoms in total. The predicted octanol–water partition coefficient (Wildman–Crippen LogP) is 3.57. The fourth-order valence-electron chi connectivity index (χ4n) is 1.92. The zero-order valence-corrected chi connectivity index (χ0v) is 13.1. The lowest BCUT2D eigenvalue weighted by Gasteiger charge is -2.07. The molecule has 0 aliphatic heterocycles. The predicted molar refractivity (Wildman–Crippen MR) is 87.4 cm³/mol. The highest BCUT2D eigenvalue weighted by Gasteiger charge is 2.30. The summed E-state index contributed by atoms with van der Waals surface area (Å²) in [6.45, 7) is 0.0496. The van der Waals surface area contributed by atoms with Gasteiger partial charge in [0.05, 0.1) is 12.1 Å². The van der Waals surface area contributed by atoms with Crippen molar-refractivity contribution in [2.24, 2.45) is 0 Å². The van der Waals surface area contributed by atoms with Gasteiger partial charge in [-0.2, -0.15) is 13.2 Å². The van der Waals surface area contributed by atoms with Crippen molar-refractivity contribution in [1.82, 2.24) is 5.32 Å². The first-order valence-electron chi connectivity index (χ1n) is 7.26. The van der Waals surface area contributed by atoms with Crippen LogP contribution in [0.15, 0.2) is 48.5 Å². The molecule has 2 rings (SSSR count). The Morgan fingerprint density at radius 1 is 1.16 bits per heavy atom. The number of nitrogen functional groups attached to an aromatic ring is 1. The van der Waals surface area contributed by atoms with Crippen LogP contribution in [0, 0.1) is 11.8 Å². The van der Waals surface area contributed by atoms with Crippen molar-refractivity contribution < 1.29 is 22.7 Å². The van der Waals surface area contributed by atoms with Crippen molar-refractivity contribution in [3.8, 4) is 11.8 Å². The summed E-state index contributed by atoms with van der Waals surface area (Å²) in [6.07, 6.45) is -5.16. The average molecular weight is 348 g/mol. The zero-order chi connectivity index (χ0) is 18.3. The molecule has 2 aromatic carbocycles. The Labute approximate surface area is 142 Å². The summed E-state index contributed by atoms with van der Waals surface area (Å²) in [5, 5.41) is 2.39. The van der Waals surface area contributed by atoms with E-state index in [1.54, 1.807) is 0 Å². The lowest BCUT2D eigenvalue weighted by Crippen LogP contribution is -2.24. The molecule has 0 aromatic heterocycles. The summed E-state index contributed by atoms with van der Waals surface area (Å²) >= 11 is 0. The molecule has 0 aliphatic rings. The van der Waals surface area contributed by atoms with Gasteiger partial charge in [0, 0.05) is 11.3 Å². The molecule has 0 spiro atoms. The number of nitrogens with two attached hydrogens (primary N) is 1. The van der Waals surface area contributed by atoms with E-state index in [0.29, 0.717) is 0 Å². The normalized spacial score (nSPS) is 10.5. The van der Waals surface area contributed by atoms with Gasteiger partial charge in [0.2, 0.25) is 0 Å². The molecule has 3 N–H and O–H groups in total. The molecule has 0 saturated carbocycles. The third-order valence-corrected chi connectivity index (χ3v) is 3.05. The molecule has 7 heteroatoms. The second-order valence-corrected chi connectivity index (χ2v) is 5.06. The lowest BCUT2D eigenvalue weighted by molar-refractivity contribution is -0.137. The zero-order valence-electron chi connectivity index (χ0n) is 13.1. The SMILES string of the molecule is Nc1cc(C#CCNC(=O)OCc2ccccc2)cc(C(F)(F)F)c1. The highest BCUT2D eigenvalue weighted by atomic mass is 19.4. The smallest absolute Gasteiger partial charge is 0.416 e.